The van der Waals surface area contributed by atoms with Gasteiger partial charge in [-0.05, 0) is 25.0 Å². The maximum Gasteiger partial charge on any atom is 0.154 e. The molecule has 0 aliphatic carbocycles. The van der Waals surface area contributed by atoms with Gasteiger partial charge in [0.1, 0.15) is 5.82 Å². The molecule has 2 nitrogen and oxygen atoms in total. The zero-order valence-corrected chi connectivity index (χ0v) is 11.0. The zero-order chi connectivity index (χ0) is 12.3. The monoisotopic (exact) mass is 268 g/mol. The van der Waals surface area contributed by atoms with Crippen molar-refractivity contribution in [1.29, 1.82) is 0 Å². The second-order valence-corrected chi connectivity index (χ2v) is 5.96. The SMILES string of the molecule is CC(N)Cc1cccc(F)c1Sc1nccs1. The van der Waals surface area contributed by atoms with Gasteiger partial charge in [-0.1, -0.05) is 23.9 Å². The standard InChI is InChI=1S/C12H13FN2S2/c1-8(14)7-9-3-2-4-10(13)11(9)17-12-15-5-6-16-12/h2-6,8H,7,14H2,1H3. The summed E-state index contributed by atoms with van der Waals surface area (Å²) in [5.74, 6) is -0.205. The van der Waals surface area contributed by atoms with E-state index in [1.165, 1.54) is 29.2 Å². The quantitative estimate of drug-likeness (QED) is 0.924. The number of nitrogens with zero attached hydrogens (tertiary/aromatic N) is 1. The molecule has 0 bridgehead atoms. The first-order valence-electron chi connectivity index (χ1n) is 5.27. The Bertz CT molecular complexity index is 483. The molecule has 90 valence electrons. The molecule has 1 atom stereocenters. The molecule has 5 heteroatoms. The predicted molar refractivity (Wildman–Crippen MR) is 70.0 cm³/mol. The summed E-state index contributed by atoms with van der Waals surface area (Å²) in [7, 11) is 0. The molecule has 1 aromatic carbocycles. The van der Waals surface area contributed by atoms with E-state index in [1.807, 2.05) is 18.4 Å². The maximum absolute atomic E-state index is 13.8. The Balaban J connectivity index is 2.30. The van der Waals surface area contributed by atoms with Crippen LogP contribution in [0.5, 0.6) is 0 Å². The first-order valence-corrected chi connectivity index (χ1v) is 6.96. The Morgan fingerprint density at radius 2 is 2.35 bits per heavy atom. The fourth-order valence-electron chi connectivity index (χ4n) is 1.52. The van der Waals surface area contributed by atoms with E-state index in [9.17, 15) is 4.39 Å². The minimum atomic E-state index is -0.205. The molecule has 1 unspecified atom stereocenters. The van der Waals surface area contributed by atoms with Crippen LogP contribution in [0.15, 0.2) is 39.0 Å². The van der Waals surface area contributed by atoms with Gasteiger partial charge >= 0.3 is 0 Å². The Labute approximate surface area is 108 Å². The van der Waals surface area contributed by atoms with Crippen LogP contribution in [0, 0.1) is 5.82 Å². The van der Waals surface area contributed by atoms with Gasteiger partial charge < -0.3 is 5.73 Å². The minimum absolute atomic E-state index is 0.0208. The number of benzene rings is 1. The van der Waals surface area contributed by atoms with Gasteiger partial charge in [-0.2, -0.15) is 0 Å². The average molecular weight is 268 g/mol. The lowest BCUT2D eigenvalue weighted by Gasteiger charge is -2.10. The van der Waals surface area contributed by atoms with Crippen molar-refractivity contribution in [3.8, 4) is 0 Å². The highest BCUT2D eigenvalue weighted by atomic mass is 32.2. The Morgan fingerprint density at radius 3 is 3.00 bits per heavy atom. The molecular weight excluding hydrogens is 255 g/mol. The third kappa shape index (κ3) is 3.28. The van der Waals surface area contributed by atoms with Crippen molar-refractivity contribution in [2.45, 2.75) is 28.6 Å². The first kappa shape index (κ1) is 12.5. The molecule has 1 heterocycles. The summed E-state index contributed by atoms with van der Waals surface area (Å²) in [4.78, 5) is 4.80. The van der Waals surface area contributed by atoms with E-state index in [0.717, 1.165) is 9.90 Å². The van der Waals surface area contributed by atoms with E-state index in [1.54, 1.807) is 12.3 Å². The topological polar surface area (TPSA) is 38.9 Å². The third-order valence-electron chi connectivity index (χ3n) is 2.19. The Hall–Kier alpha value is -0.910. The van der Waals surface area contributed by atoms with E-state index >= 15 is 0 Å². The van der Waals surface area contributed by atoms with Crippen molar-refractivity contribution in [3.63, 3.8) is 0 Å². The van der Waals surface area contributed by atoms with Crippen LogP contribution in [0.4, 0.5) is 4.39 Å². The van der Waals surface area contributed by atoms with Crippen LogP contribution in [0.2, 0.25) is 0 Å². The Morgan fingerprint density at radius 1 is 1.53 bits per heavy atom. The van der Waals surface area contributed by atoms with Crippen LogP contribution < -0.4 is 5.73 Å². The summed E-state index contributed by atoms with van der Waals surface area (Å²) in [5, 5.41) is 1.88. The van der Waals surface area contributed by atoms with Crippen LogP contribution in [0.25, 0.3) is 0 Å². The highest BCUT2D eigenvalue weighted by molar-refractivity contribution is 8.01. The van der Waals surface area contributed by atoms with Crippen molar-refractivity contribution >= 4 is 23.1 Å². The lowest BCUT2D eigenvalue weighted by Crippen LogP contribution is -2.18. The molecule has 17 heavy (non-hydrogen) atoms. The molecule has 2 rings (SSSR count). The van der Waals surface area contributed by atoms with Crippen LogP contribution in [-0.4, -0.2) is 11.0 Å². The number of nitrogens with two attached hydrogens (primary N) is 1. The van der Waals surface area contributed by atoms with Crippen molar-refractivity contribution in [1.82, 2.24) is 4.98 Å². The van der Waals surface area contributed by atoms with Crippen molar-refractivity contribution in [2.24, 2.45) is 5.73 Å². The summed E-state index contributed by atoms with van der Waals surface area (Å²) in [6.07, 6.45) is 2.39. The van der Waals surface area contributed by atoms with E-state index in [0.29, 0.717) is 11.3 Å². The Kier molecular flexibility index (Phi) is 4.15. The van der Waals surface area contributed by atoms with Crippen molar-refractivity contribution in [3.05, 3.63) is 41.2 Å². The molecule has 1 aromatic heterocycles. The van der Waals surface area contributed by atoms with Gasteiger partial charge in [0.25, 0.3) is 0 Å². The summed E-state index contributed by atoms with van der Waals surface area (Å²) in [5.41, 5.74) is 6.72. The molecule has 2 N–H and O–H groups in total. The van der Waals surface area contributed by atoms with E-state index in [4.69, 9.17) is 5.73 Å². The molecule has 0 aliphatic heterocycles. The van der Waals surface area contributed by atoms with Crippen molar-refractivity contribution in [2.75, 3.05) is 0 Å². The molecule has 0 fully saturated rings. The van der Waals surface area contributed by atoms with Gasteiger partial charge in [-0.15, -0.1) is 11.3 Å². The number of hydrogen-bond donors (Lipinski definition) is 1. The molecule has 0 amide bonds. The van der Waals surface area contributed by atoms with Gasteiger partial charge in [0.15, 0.2) is 4.34 Å². The first-order chi connectivity index (χ1) is 8.16. The summed E-state index contributed by atoms with van der Waals surface area (Å²) in [6, 6.07) is 5.13. The normalized spacial score (nSPS) is 12.6. The van der Waals surface area contributed by atoms with Gasteiger partial charge in [0.05, 0.1) is 4.90 Å². The number of thiazole rings is 1. The molecule has 0 radical (unpaired) electrons. The second kappa shape index (κ2) is 5.62. The number of halogens is 1. The molecule has 2 aromatic rings. The molecule has 0 saturated carbocycles. The predicted octanol–water partition coefficient (Wildman–Crippen LogP) is 3.32. The lowest BCUT2D eigenvalue weighted by molar-refractivity contribution is 0.592. The molecule has 0 spiro atoms. The summed E-state index contributed by atoms with van der Waals surface area (Å²) < 4.78 is 14.7. The van der Waals surface area contributed by atoms with Crippen LogP contribution in [0.1, 0.15) is 12.5 Å². The zero-order valence-electron chi connectivity index (χ0n) is 9.39. The van der Waals surface area contributed by atoms with Gasteiger partial charge in [-0.3, -0.25) is 0 Å². The van der Waals surface area contributed by atoms with E-state index < -0.39 is 0 Å². The van der Waals surface area contributed by atoms with Crippen LogP contribution >= 0.6 is 23.1 Å². The summed E-state index contributed by atoms with van der Waals surface area (Å²) in [6.45, 7) is 1.92. The van der Waals surface area contributed by atoms with Gasteiger partial charge in [0, 0.05) is 17.6 Å². The van der Waals surface area contributed by atoms with Gasteiger partial charge in [-0.25, -0.2) is 9.37 Å². The summed E-state index contributed by atoms with van der Waals surface area (Å²) >= 11 is 2.87. The van der Waals surface area contributed by atoms with E-state index in [-0.39, 0.29) is 11.9 Å². The van der Waals surface area contributed by atoms with Crippen LogP contribution in [0.3, 0.4) is 0 Å². The molecule has 0 saturated heterocycles. The highest BCUT2D eigenvalue weighted by Gasteiger charge is 2.12. The van der Waals surface area contributed by atoms with Crippen molar-refractivity contribution < 1.29 is 4.39 Å². The molecular formula is C12H13FN2S2. The fraction of sp³-hybridized carbons (Fsp3) is 0.250. The molecule has 0 aliphatic rings. The fourth-order valence-corrected chi connectivity index (χ4v) is 3.23. The second-order valence-electron chi connectivity index (χ2n) is 3.81. The van der Waals surface area contributed by atoms with E-state index in [2.05, 4.69) is 4.98 Å². The smallest absolute Gasteiger partial charge is 0.154 e. The number of aromatic nitrogens is 1. The minimum Gasteiger partial charge on any atom is -0.328 e. The third-order valence-corrected chi connectivity index (χ3v) is 4.23. The largest absolute Gasteiger partial charge is 0.328 e. The highest BCUT2D eigenvalue weighted by Crippen LogP contribution is 2.34. The van der Waals surface area contributed by atoms with Gasteiger partial charge in [0.2, 0.25) is 0 Å². The number of hydrogen-bond acceptors (Lipinski definition) is 4. The number of rotatable bonds is 4. The van der Waals surface area contributed by atoms with Crippen LogP contribution in [-0.2, 0) is 6.42 Å². The maximum atomic E-state index is 13.8. The lowest BCUT2D eigenvalue weighted by atomic mass is 10.1. The average Bonchev–Trinajstić information content (AvgIpc) is 2.75.